The second-order valence-electron chi connectivity index (χ2n) is 5.31. The van der Waals surface area contributed by atoms with Crippen LogP contribution in [0.1, 0.15) is 26.3 Å². The largest absolute Gasteiger partial charge is 0.573 e. The third kappa shape index (κ3) is 5.05. The van der Waals surface area contributed by atoms with E-state index >= 15 is 0 Å². The summed E-state index contributed by atoms with van der Waals surface area (Å²) < 4.78 is 40.0. The SMILES string of the molecule is CC(C)C(C)(CBr)Cc1ccc(OC(F)(F)F)cc1. The second kappa shape index (κ2) is 6.16. The van der Waals surface area contributed by atoms with Crippen molar-refractivity contribution in [3.63, 3.8) is 0 Å². The first kappa shape index (κ1) is 16.3. The van der Waals surface area contributed by atoms with Crippen LogP contribution in [0.4, 0.5) is 13.2 Å². The molecule has 108 valence electrons. The van der Waals surface area contributed by atoms with E-state index in [-0.39, 0.29) is 11.2 Å². The van der Waals surface area contributed by atoms with Crippen LogP contribution in [0.5, 0.6) is 5.75 Å². The normalized spacial score (nSPS) is 15.4. The van der Waals surface area contributed by atoms with Crippen molar-refractivity contribution in [2.45, 2.75) is 33.6 Å². The molecule has 0 amide bonds. The number of rotatable bonds is 5. The smallest absolute Gasteiger partial charge is 0.406 e. The van der Waals surface area contributed by atoms with E-state index in [9.17, 15) is 13.2 Å². The highest BCUT2D eigenvalue weighted by molar-refractivity contribution is 9.09. The van der Waals surface area contributed by atoms with Crippen LogP contribution in [0.25, 0.3) is 0 Å². The average Bonchev–Trinajstić information content (AvgIpc) is 2.29. The lowest BCUT2D eigenvalue weighted by Gasteiger charge is -2.32. The number of hydrogen-bond acceptors (Lipinski definition) is 1. The molecule has 0 saturated heterocycles. The summed E-state index contributed by atoms with van der Waals surface area (Å²) in [5.74, 6) is 0.291. The van der Waals surface area contributed by atoms with Crippen LogP contribution >= 0.6 is 15.9 Å². The Bertz CT molecular complexity index is 400. The van der Waals surface area contributed by atoms with Crippen LogP contribution in [-0.4, -0.2) is 11.7 Å². The molecule has 1 atom stereocenters. The Kier molecular flexibility index (Phi) is 5.30. The fraction of sp³-hybridized carbons (Fsp3) is 0.571. The third-order valence-electron chi connectivity index (χ3n) is 3.46. The van der Waals surface area contributed by atoms with Crippen LogP contribution in [0, 0.1) is 11.3 Å². The van der Waals surface area contributed by atoms with Gasteiger partial charge >= 0.3 is 6.36 Å². The molecule has 0 N–H and O–H groups in total. The first-order chi connectivity index (χ1) is 8.66. The van der Waals surface area contributed by atoms with Gasteiger partial charge in [-0.05, 0) is 35.4 Å². The number of benzene rings is 1. The summed E-state index contributed by atoms with van der Waals surface area (Å²) in [7, 11) is 0. The van der Waals surface area contributed by atoms with Gasteiger partial charge in [-0.2, -0.15) is 0 Å². The van der Waals surface area contributed by atoms with Gasteiger partial charge in [-0.25, -0.2) is 0 Å². The molecule has 19 heavy (non-hydrogen) atoms. The Hall–Kier alpha value is -0.710. The fourth-order valence-electron chi connectivity index (χ4n) is 1.68. The van der Waals surface area contributed by atoms with Crippen LogP contribution in [0.3, 0.4) is 0 Å². The van der Waals surface area contributed by atoms with E-state index in [0.717, 1.165) is 17.3 Å². The summed E-state index contributed by atoms with van der Waals surface area (Å²) in [4.78, 5) is 0. The van der Waals surface area contributed by atoms with Crippen molar-refractivity contribution in [3.05, 3.63) is 29.8 Å². The van der Waals surface area contributed by atoms with Gasteiger partial charge in [-0.1, -0.05) is 48.8 Å². The van der Waals surface area contributed by atoms with Gasteiger partial charge in [-0.3, -0.25) is 0 Å². The second-order valence-corrected chi connectivity index (χ2v) is 5.87. The molecule has 1 unspecified atom stereocenters. The molecule has 0 saturated carbocycles. The molecule has 0 aliphatic heterocycles. The maximum absolute atomic E-state index is 12.0. The van der Waals surface area contributed by atoms with E-state index in [4.69, 9.17) is 0 Å². The van der Waals surface area contributed by atoms with Gasteiger partial charge in [0.15, 0.2) is 0 Å². The zero-order valence-electron chi connectivity index (χ0n) is 11.2. The molecule has 0 fully saturated rings. The number of hydrogen-bond donors (Lipinski definition) is 0. The van der Waals surface area contributed by atoms with Crippen molar-refractivity contribution in [2.75, 3.05) is 5.33 Å². The minimum atomic E-state index is -4.64. The topological polar surface area (TPSA) is 9.23 Å². The highest BCUT2D eigenvalue weighted by atomic mass is 79.9. The molecule has 0 aromatic heterocycles. The Morgan fingerprint density at radius 3 is 2.05 bits per heavy atom. The molecule has 5 heteroatoms. The van der Waals surface area contributed by atoms with E-state index in [2.05, 4.69) is 41.4 Å². The molecule has 0 spiro atoms. The van der Waals surface area contributed by atoms with Crippen molar-refractivity contribution < 1.29 is 17.9 Å². The third-order valence-corrected chi connectivity index (χ3v) is 4.74. The molecule has 0 bridgehead atoms. The number of halogens is 4. The molecule has 0 aliphatic carbocycles. The number of alkyl halides is 4. The molecule has 1 rings (SSSR count). The fourth-order valence-corrected chi connectivity index (χ4v) is 2.53. The lowest BCUT2D eigenvalue weighted by Crippen LogP contribution is -2.28. The highest BCUT2D eigenvalue weighted by Crippen LogP contribution is 2.34. The van der Waals surface area contributed by atoms with Crippen LogP contribution in [0.2, 0.25) is 0 Å². The predicted octanol–water partition coefficient (Wildman–Crippen LogP) is 5.18. The lowest BCUT2D eigenvalue weighted by molar-refractivity contribution is -0.274. The van der Waals surface area contributed by atoms with Crippen LogP contribution in [0.15, 0.2) is 24.3 Å². The van der Waals surface area contributed by atoms with Crippen molar-refractivity contribution in [3.8, 4) is 5.75 Å². The summed E-state index contributed by atoms with van der Waals surface area (Å²) in [6, 6.07) is 6.09. The molecule has 0 radical (unpaired) electrons. The Morgan fingerprint density at radius 1 is 1.16 bits per heavy atom. The van der Waals surface area contributed by atoms with E-state index in [1.165, 1.54) is 12.1 Å². The van der Waals surface area contributed by atoms with Gasteiger partial charge in [0.2, 0.25) is 0 Å². The first-order valence-corrected chi connectivity index (χ1v) is 7.19. The van der Waals surface area contributed by atoms with Crippen molar-refractivity contribution in [1.82, 2.24) is 0 Å². The first-order valence-electron chi connectivity index (χ1n) is 6.07. The Balaban J connectivity index is 2.77. The Labute approximate surface area is 120 Å². The van der Waals surface area contributed by atoms with Gasteiger partial charge in [0.05, 0.1) is 0 Å². The summed E-state index contributed by atoms with van der Waals surface area (Å²) in [6.07, 6.45) is -3.83. The van der Waals surface area contributed by atoms with E-state index < -0.39 is 6.36 Å². The van der Waals surface area contributed by atoms with Gasteiger partial charge < -0.3 is 4.74 Å². The van der Waals surface area contributed by atoms with Crippen molar-refractivity contribution >= 4 is 15.9 Å². The summed E-state index contributed by atoms with van der Waals surface area (Å²) >= 11 is 3.51. The van der Waals surface area contributed by atoms with Gasteiger partial charge in [-0.15, -0.1) is 13.2 Å². The van der Waals surface area contributed by atoms with Crippen LogP contribution in [-0.2, 0) is 6.42 Å². The number of ether oxygens (including phenoxy) is 1. The summed E-state index contributed by atoms with van der Waals surface area (Å²) in [5.41, 5.74) is 1.08. The monoisotopic (exact) mass is 338 g/mol. The molecular weight excluding hydrogens is 321 g/mol. The summed E-state index contributed by atoms with van der Waals surface area (Å²) in [5, 5.41) is 0.846. The maximum atomic E-state index is 12.0. The standard InChI is InChI=1S/C14H18BrF3O/c1-10(2)13(3,9-15)8-11-4-6-12(7-5-11)19-14(16,17)18/h4-7,10H,8-9H2,1-3H3. The van der Waals surface area contributed by atoms with Crippen LogP contribution < -0.4 is 4.74 Å². The highest BCUT2D eigenvalue weighted by Gasteiger charge is 2.31. The zero-order chi connectivity index (χ0) is 14.7. The Morgan fingerprint density at radius 2 is 1.68 bits per heavy atom. The predicted molar refractivity (Wildman–Crippen MR) is 73.6 cm³/mol. The molecule has 1 nitrogen and oxygen atoms in total. The van der Waals surface area contributed by atoms with Gasteiger partial charge in [0.25, 0.3) is 0 Å². The average molecular weight is 339 g/mol. The van der Waals surface area contributed by atoms with Gasteiger partial charge in [0.1, 0.15) is 5.75 Å². The van der Waals surface area contributed by atoms with Gasteiger partial charge in [0, 0.05) is 5.33 Å². The molecule has 1 aromatic rings. The molecule has 0 aliphatic rings. The quantitative estimate of drug-likeness (QED) is 0.671. The minimum absolute atomic E-state index is 0.0758. The molecule has 1 aromatic carbocycles. The van der Waals surface area contributed by atoms with E-state index in [1.807, 2.05) is 0 Å². The maximum Gasteiger partial charge on any atom is 0.573 e. The van der Waals surface area contributed by atoms with Crippen molar-refractivity contribution in [1.29, 1.82) is 0 Å². The lowest BCUT2D eigenvalue weighted by atomic mass is 9.76. The molecule has 0 heterocycles. The van der Waals surface area contributed by atoms with E-state index in [0.29, 0.717) is 5.92 Å². The molecular formula is C14H18BrF3O. The minimum Gasteiger partial charge on any atom is -0.406 e. The zero-order valence-corrected chi connectivity index (χ0v) is 12.8. The van der Waals surface area contributed by atoms with E-state index in [1.54, 1.807) is 12.1 Å². The summed E-state index contributed by atoms with van der Waals surface area (Å²) in [6.45, 7) is 6.44. The van der Waals surface area contributed by atoms with Crippen molar-refractivity contribution in [2.24, 2.45) is 11.3 Å².